The molecule has 0 radical (unpaired) electrons. The van der Waals surface area contributed by atoms with Gasteiger partial charge in [0.15, 0.2) is 0 Å². The molecule has 84 valence electrons. The summed E-state index contributed by atoms with van der Waals surface area (Å²) in [6, 6.07) is 5.42. The number of nitrogens with zero attached hydrogens (tertiary/aromatic N) is 1. The lowest BCUT2D eigenvalue weighted by Gasteiger charge is -2.26. The van der Waals surface area contributed by atoms with Gasteiger partial charge in [0.1, 0.15) is 5.82 Å². The van der Waals surface area contributed by atoms with Crippen LogP contribution in [-0.4, -0.2) is 15.3 Å². The van der Waals surface area contributed by atoms with Gasteiger partial charge in [-0.25, -0.2) is 4.39 Å². The topological polar surface area (TPSA) is 43.4 Å². The summed E-state index contributed by atoms with van der Waals surface area (Å²) in [4.78, 5) is 0. The van der Waals surface area contributed by atoms with Gasteiger partial charge in [0.25, 0.3) is 0 Å². The molecular weight excluding hydrogens is 217 g/mol. The lowest BCUT2D eigenvalue weighted by atomic mass is 10.3. The Morgan fingerprint density at radius 3 is 2.47 bits per heavy atom. The molecule has 0 saturated heterocycles. The van der Waals surface area contributed by atoms with Crippen molar-refractivity contribution >= 4 is 17.0 Å². The van der Waals surface area contributed by atoms with E-state index in [9.17, 15) is 13.2 Å². The molecule has 0 aliphatic carbocycles. The molecule has 1 aromatic rings. The second kappa shape index (κ2) is 5.82. The summed E-state index contributed by atoms with van der Waals surface area (Å²) in [5.74, 6) is -0.370. The molecule has 3 nitrogen and oxygen atoms in total. The van der Waals surface area contributed by atoms with E-state index in [1.165, 1.54) is 28.6 Å². The van der Waals surface area contributed by atoms with Crippen LogP contribution in [0, 0.1) is 5.82 Å². The van der Waals surface area contributed by atoms with Crippen molar-refractivity contribution in [3.8, 4) is 0 Å². The molecule has 1 aromatic carbocycles. The zero-order valence-electron chi connectivity index (χ0n) is 8.48. The van der Waals surface area contributed by atoms with E-state index in [0.29, 0.717) is 12.2 Å². The molecule has 1 atom stereocenters. The molecule has 0 spiro atoms. The van der Waals surface area contributed by atoms with E-state index in [1.807, 2.05) is 6.92 Å². The maximum Gasteiger partial charge on any atom is 0.123 e. The first-order valence-corrected chi connectivity index (χ1v) is 5.81. The maximum absolute atomic E-state index is 12.6. The molecule has 0 bridgehead atoms. The monoisotopic (exact) mass is 230 g/mol. The molecule has 0 fully saturated rings. The van der Waals surface area contributed by atoms with Crippen LogP contribution in [0.4, 0.5) is 10.1 Å². The lowest BCUT2D eigenvalue weighted by molar-refractivity contribution is 0.530. The zero-order chi connectivity index (χ0) is 11.3. The van der Waals surface area contributed by atoms with Crippen molar-refractivity contribution in [2.75, 3.05) is 10.8 Å². The number of rotatable bonds is 5. The van der Waals surface area contributed by atoms with Crippen molar-refractivity contribution in [2.45, 2.75) is 19.8 Å². The van der Waals surface area contributed by atoms with Crippen LogP contribution in [0.15, 0.2) is 24.3 Å². The number of unbranched alkanes of at least 4 members (excludes halogenated alkanes) is 1. The molecule has 5 heteroatoms. The van der Waals surface area contributed by atoms with Gasteiger partial charge in [0.05, 0.1) is 0 Å². The smallest absolute Gasteiger partial charge is 0.123 e. The number of anilines is 1. The first-order valence-electron chi connectivity index (χ1n) is 4.77. The minimum absolute atomic E-state index is 0.370. The maximum atomic E-state index is 12.6. The Bertz CT molecular complexity index is 329. The van der Waals surface area contributed by atoms with Crippen LogP contribution in [0.5, 0.6) is 0 Å². The van der Waals surface area contributed by atoms with Crippen molar-refractivity contribution in [1.82, 2.24) is 0 Å². The molecular formula is C10H13FNO2S-. The van der Waals surface area contributed by atoms with Crippen molar-refractivity contribution in [3.05, 3.63) is 30.1 Å². The summed E-state index contributed by atoms with van der Waals surface area (Å²) in [5, 5.41) is 0. The van der Waals surface area contributed by atoms with Crippen LogP contribution >= 0.6 is 0 Å². The quantitative estimate of drug-likeness (QED) is 0.728. The van der Waals surface area contributed by atoms with Crippen LogP contribution in [0.25, 0.3) is 0 Å². The summed E-state index contributed by atoms with van der Waals surface area (Å²) < 4.78 is 35.7. The van der Waals surface area contributed by atoms with Gasteiger partial charge in [-0.15, -0.1) is 0 Å². The molecule has 0 N–H and O–H groups in total. The van der Waals surface area contributed by atoms with Gasteiger partial charge in [-0.1, -0.05) is 13.3 Å². The largest absolute Gasteiger partial charge is 0.755 e. The highest BCUT2D eigenvalue weighted by atomic mass is 32.2. The van der Waals surface area contributed by atoms with Crippen molar-refractivity contribution < 1.29 is 13.2 Å². The van der Waals surface area contributed by atoms with Gasteiger partial charge in [-0.3, -0.25) is 4.21 Å². The van der Waals surface area contributed by atoms with E-state index < -0.39 is 11.3 Å². The standard InChI is InChI=1S/C10H14FNO2S/c1-2-3-8-12(15(13)14)10-6-4-9(11)5-7-10/h4-7H,2-3,8H2,1H3,(H,13,14)/p-1. The van der Waals surface area contributed by atoms with E-state index in [1.54, 1.807) is 0 Å². The molecule has 0 aliphatic heterocycles. The fourth-order valence-corrected chi connectivity index (χ4v) is 1.77. The Labute approximate surface area is 91.3 Å². The lowest BCUT2D eigenvalue weighted by Crippen LogP contribution is -2.26. The Morgan fingerprint density at radius 2 is 2.00 bits per heavy atom. The first kappa shape index (κ1) is 12.1. The van der Waals surface area contributed by atoms with Gasteiger partial charge in [0.2, 0.25) is 0 Å². The van der Waals surface area contributed by atoms with Gasteiger partial charge >= 0.3 is 0 Å². The summed E-state index contributed by atoms with van der Waals surface area (Å²) in [7, 11) is 0. The Morgan fingerprint density at radius 1 is 1.40 bits per heavy atom. The molecule has 0 saturated carbocycles. The Kier molecular flexibility index (Phi) is 4.71. The number of hydrogen-bond donors (Lipinski definition) is 0. The van der Waals surface area contributed by atoms with Gasteiger partial charge in [-0.05, 0) is 30.7 Å². The second-order valence-corrected chi connectivity index (χ2v) is 4.02. The first-order chi connectivity index (χ1) is 7.15. The third kappa shape index (κ3) is 3.60. The highest BCUT2D eigenvalue weighted by molar-refractivity contribution is 7.80. The van der Waals surface area contributed by atoms with Crippen LogP contribution in [0.1, 0.15) is 19.8 Å². The minimum atomic E-state index is -2.30. The molecule has 0 amide bonds. The molecule has 1 rings (SSSR count). The number of hydrogen-bond acceptors (Lipinski definition) is 2. The summed E-state index contributed by atoms with van der Waals surface area (Å²) in [5.41, 5.74) is 0.498. The fraction of sp³-hybridized carbons (Fsp3) is 0.400. The Balaban J connectivity index is 2.79. The highest BCUT2D eigenvalue weighted by Crippen LogP contribution is 2.16. The van der Waals surface area contributed by atoms with Crippen LogP contribution < -0.4 is 4.31 Å². The van der Waals surface area contributed by atoms with Gasteiger partial charge in [-0.2, -0.15) is 0 Å². The molecule has 0 aliphatic rings. The van der Waals surface area contributed by atoms with Crippen LogP contribution in [-0.2, 0) is 11.3 Å². The van der Waals surface area contributed by atoms with E-state index in [2.05, 4.69) is 0 Å². The summed E-state index contributed by atoms with van der Waals surface area (Å²) >= 11 is -2.30. The van der Waals surface area contributed by atoms with Crippen molar-refractivity contribution in [2.24, 2.45) is 0 Å². The van der Waals surface area contributed by atoms with E-state index in [0.717, 1.165) is 12.8 Å². The zero-order valence-corrected chi connectivity index (χ0v) is 9.30. The molecule has 0 aromatic heterocycles. The van der Waals surface area contributed by atoms with Crippen LogP contribution in [0.3, 0.4) is 0 Å². The highest BCUT2D eigenvalue weighted by Gasteiger charge is 2.05. The number of halogens is 1. The third-order valence-corrected chi connectivity index (χ3v) is 2.76. The predicted molar refractivity (Wildman–Crippen MR) is 57.6 cm³/mol. The molecule has 0 heterocycles. The van der Waals surface area contributed by atoms with E-state index in [-0.39, 0.29) is 5.82 Å². The number of benzene rings is 1. The summed E-state index contributed by atoms with van der Waals surface area (Å²) in [6.07, 6.45) is 1.69. The van der Waals surface area contributed by atoms with Crippen LogP contribution in [0.2, 0.25) is 0 Å². The SMILES string of the molecule is CCCCN(c1ccc(F)cc1)S(=O)[O-]. The van der Waals surface area contributed by atoms with E-state index >= 15 is 0 Å². The van der Waals surface area contributed by atoms with E-state index in [4.69, 9.17) is 0 Å². The summed E-state index contributed by atoms with van der Waals surface area (Å²) in [6.45, 7) is 2.41. The van der Waals surface area contributed by atoms with Crippen molar-refractivity contribution in [1.29, 1.82) is 0 Å². The normalized spacial score (nSPS) is 12.5. The third-order valence-electron chi connectivity index (χ3n) is 2.01. The average Bonchev–Trinajstić information content (AvgIpc) is 2.21. The average molecular weight is 230 g/mol. The van der Waals surface area contributed by atoms with Crippen molar-refractivity contribution in [3.63, 3.8) is 0 Å². The minimum Gasteiger partial charge on any atom is -0.755 e. The molecule has 15 heavy (non-hydrogen) atoms. The second-order valence-electron chi connectivity index (χ2n) is 3.15. The van der Waals surface area contributed by atoms with Gasteiger partial charge in [0, 0.05) is 23.5 Å². The predicted octanol–water partition coefficient (Wildman–Crippen LogP) is 2.23. The Hall–Kier alpha value is -0.940. The molecule has 1 unspecified atom stereocenters. The fourth-order valence-electron chi connectivity index (χ4n) is 1.20. The van der Waals surface area contributed by atoms with Gasteiger partial charge < -0.3 is 8.86 Å².